The fourth-order valence-electron chi connectivity index (χ4n) is 3.16. The number of aryl methyl sites for hydroxylation is 2. The third-order valence-corrected chi connectivity index (χ3v) is 4.53. The normalized spacial score (nSPS) is 11.0. The van der Waals surface area contributed by atoms with Crippen molar-refractivity contribution < 1.29 is 13.9 Å². The number of carbonyl (C=O) groups is 1. The Hall–Kier alpha value is -3.36. The van der Waals surface area contributed by atoms with Crippen molar-refractivity contribution in [2.75, 3.05) is 6.61 Å². The van der Waals surface area contributed by atoms with Gasteiger partial charge in [0, 0.05) is 18.8 Å². The molecule has 9 heteroatoms. The number of furan rings is 1. The molecule has 9 nitrogen and oxygen atoms in total. The molecule has 154 valence electrons. The smallest absolute Gasteiger partial charge is 0.332 e. The highest BCUT2D eigenvalue weighted by Crippen LogP contribution is 2.26. The maximum absolute atomic E-state index is 13.2. The van der Waals surface area contributed by atoms with Gasteiger partial charge >= 0.3 is 5.69 Å². The van der Waals surface area contributed by atoms with Crippen molar-refractivity contribution >= 4 is 16.9 Å². The molecule has 0 aliphatic carbocycles. The summed E-state index contributed by atoms with van der Waals surface area (Å²) in [5, 5.41) is 2.85. The lowest BCUT2D eigenvalue weighted by Crippen LogP contribution is -2.43. The molecule has 3 heterocycles. The number of aromatic nitrogens is 3. The van der Waals surface area contributed by atoms with Crippen molar-refractivity contribution in [3.05, 3.63) is 56.8 Å². The topological polar surface area (TPSA) is 108 Å². The van der Waals surface area contributed by atoms with E-state index < -0.39 is 23.7 Å². The molecule has 0 spiro atoms. The Balaban J connectivity index is 2.05. The number of amides is 1. The lowest BCUT2D eigenvalue weighted by Gasteiger charge is -2.15. The van der Waals surface area contributed by atoms with Crippen LogP contribution in [0.25, 0.3) is 11.0 Å². The summed E-state index contributed by atoms with van der Waals surface area (Å²) in [5.74, 6) is 0.518. The van der Waals surface area contributed by atoms with E-state index in [9.17, 15) is 14.4 Å². The average molecular weight is 400 g/mol. The van der Waals surface area contributed by atoms with Crippen LogP contribution in [0.4, 0.5) is 0 Å². The summed E-state index contributed by atoms with van der Waals surface area (Å²) in [7, 11) is 1.52. The second-order valence-corrected chi connectivity index (χ2v) is 6.58. The number of nitrogens with zero attached hydrogens (tertiary/aromatic N) is 3. The molecule has 0 saturated heterocycles. The van der Waals surface area contributed by atoms with Gasteiger partial charge in [-0.2, -0.15) is 0 Å². The number of nitrogens with one attached hydrogen (secondary N) is 1. The van der Waals surface area contributed by atoms with Crippen LogP contribution in [-0.4, -0.2) is 26.6 Å². The second kappa shape index (κ2) is 8.76. The highest BCUT2D eigenvalue weighted by molar-refractivity contribution is 5.83. The van der Waals surface area contributed by atoms with Crippen molar-refractivity contribution in [1.82, 2.24) is 19.4 Å². The van der Waals surface area contributed by atoms with Gasteiger partial charge in [0.25, 0.3) is 5.56 Å². The number of pyridine rings is 1. The van der Waals surface area contributed by atoms with Crippen LogP contribution in [-0.2, 0) is 31.4 Å². The fraction of sp³-hybridized carbons (Fsp3) is 0.400. The summed E-state index contributed by atoms with van der Waals surface area (Å²) in [6.45, 7) is 3.96. The molecule has 0 aliphatic heterocycles. The van der Waals surface area contributed by atoms with E-state index >= 15 is 0 Å². The second-order valence-electron chi connectivity index (χ2n) is 6.58. The number of ether oxygens (including phenoxy) is 1. The predicted molar refractivity (Wildman–Crippen MR) is 107 cm³/mol. The minimum Gasteiger partial charge on any atom is -0.493 e. The Labute approximate surface area is 166 Å². The SMILES string of the molecule is CCCc1cnc2c(c1OCC)c(=O)n(CC(=O)NCc1ccco1)c(=O)n2C. The Bertz CT molecular complexity index is 1130. The first-order chi connectivity index (χ1) is 14.0. The molecule has 0 atom stereocenters. The first-order valence-electron chi connectivity index (χ1n) is 9.51. The van der Waals surface area contributed by atoms with Crippen molar-refractivity contribution in [3.8, 4) is 5.75 Å². The minimum absolute atomic E-state index is 0.168. The molecule has 0 radical (unpaired) electrons. The van der Waals surface area contributed by atoms with Crippen LogP contribution >= 0.6 is 0 Å². The third-order valence-electron chi connectivity index (χ3n) is 4.53. The number of carbonyl (C=O) groups excluding carboxylic acids is 1. The number of fused-ring (bicyclic) bond motifs is 1. The highest BCUT2D eigenvalue weighted by atomic mass is 16.5. The number of rotatable bonds is 8. The minimum atomic E-state index is -0.617. The molecule has 3 aromatic heterocycles. The maximum Gasteiger partial charge on any atom is 0.332 e. The Morgan fingerprint density at radius 1 is 1.31 bits per heavy atom. The van der Waals surface area contributed by atoms with Gasteiger partial charge in [0.2, 0.25) is 5.91 Å². The first-order valence-corrected chi connectivity index (χ1v) is 9.51. The van der Waals surface area contributed by atoms with Crippen LogP contribution in [0.5, 0.6) is 5.75 Å². The quantitative estimate of drug-likeness (QED) is 0.612. The van der Waals surface area contributed by atoms with Crippen LogP contribution in [0.15, 0.2) is 38.6 Å². The van der Waals surface area contributed by atoms with Crippen LogP contribution in [0, 0.1) is 0 Å². The van der Waals surface area contributed by atoms with Gasteiger partial charge in [-0.1, -0.05) is 13.3 Å². The maximum atomic E-state index is 13.2. The summed E-state index contributed by atoms with van der Waals surface area (Å²) < 4.78 is 13.1. The largest absolute Gasteiger partial charge is 0.493 e. The highest BCUT2D eigenvalue weighted by Gasteiger charge is 2.20. The summed E-state index contributed by atoms with van der Waals surface area (Å²) in [4.78, 5) is 42.5. The molecule has 0 aromatic carbocycles. The van der Waals surface area contributed by atoms with E-state index in [0.29, 0.717) is 24.5 Å². The van der Waals surface area contributed by atoms with E-state index in [4.69, 9.17) is 9.15 Å². The van der Waals surface area contributed by atoms with Crippen LogP contribution in [0.3, 0.4) is 0 Å². The van der Waals surface area contributed by atoms with Gasteiger partial charge in [0.1, 0.15) is 23.4 Å². The van der Waals surface area contributed by atoms with Crippen molar-refractivity contribution in [1.29, 1.82) is 0 Å². The summed E-state index contributed by atoms with van der Waals surface area (Å²) >= 11 is 0. The molecule has 1 amide bonds. The van der Waals surface area contributed by atoms with Gasteiger partial charge in [-0.25, -0.2) is 14.3 Å². The fourth-order valence-corrected chi connectivity index (χ4v) is 3.16. The van der Waals surface area contributed by atoms with Gasteiger partial charge in [-0.3, -0.25) is 14.2 Å². The van der Waals surface area contributed by atoms with Crippen LogP contribution in [0.2, 0.25) is 0 Å². The van der Waals surface area contributed by atoms with Gasteiger partial charge in [0.15, 0.2) is 5.65 Å². The van der Waals surface area contributed by atoms with E-state index in [1.165, 1.54) is 17.9 Å². The average Bonchev–Trinajstić information content (AvgIpc) is 3.23. The summed E-state index contributed by atoms with van der Waals surface area (Å²) in [5.41, 5.74) is -0.180. The zero-order valence-corrected chi connectivity index (χ0v) is 16.7. The van der Waals surface area contributed by atoms with E-state index in [1.54, 1.807) is 18.3 Å². The molecule has 0 bridgehead atoms. The summed E-state index contributed by atoms with van der Waals surface area (Å²) in [6.07, 6.45) is 4.67. The lowest BCUT2D eigenvalue weighted by atomic mass is 10.1. The standard InChI is InChI=1S/C20H24N4O5/c1-4-7-13-10-22-18-16(17(13)28-5-2)19(26)24(20(27)23(18)3)12-15(25)21-11-14-8-6-9-29-14/h6,8-10H,4-5,7,11-12H2,1-3H3,(H,21,25). The van der Waals surface area contributed by atoms with Crippen molar-refractivity contribution in [2.24, 2.45) is 7.05 Å². The zero-order chi connectivity index (χ0) is 21.0. The van der Waals surface area contributed by atoms with Crippen molar-refractivity contribution in [3.63, 3.8) is 0 Å². The van der Waals surface area contributed by atoms with E-state index in [0.717, 1.165) is 16.6 Å². The molecule has 0 aliphatic rings. The van der Waals surface area contributed by atoms with E-state index in [2.05, 4.69) is 10.3 Å². The molecule has 0 fully saturated rings. The van der Waals surface area contributed by atoms with Gasteiger partial charge in [0.05, 0.1) is 19.4 Å². The monoisotopic (exact) mass is 400 g/mol. The summed E-state index contributed by atoms with van der Waals surface area (Å²) in [6, 6.07) is 3.43. The predicted octanol–water partition coefficient (Wildman–Crippen LogP) is 1.36. The molecular weight excluding hydrogens is 376 g/mol. The third kappa shape index (κ3) is 4.08. The van der Waals surface area contributed by atoms with Crippen LogP contribution < -0.4 is 21.3 Å². The Morgan fingerprint density at radius 2 is 2.10 bits per heavy atom. The Kier molecular flexibility index (Phi) is 6.16. The van der Waals surface area contributed by atoms with Gasteiger partial charge < -0.3 is 14.5 Å². The van der Waals surface area contributed by atoms with Gasteiger partial charge in [-0.05, 0) is 25.5 Å². The van der Waals surface area contributed by atoms with Crippen LogP contribution in [0.1, 0.15) is 31.6 Å². The van der Waals surface area contributed by atoms with Crippen molar-refractivity contribution in [2.45, 2.75) is 39.8 Å². The molecule has 3 aromatic rings. The number of hydrogen-bond donors (Lipinski definition) is 1. The molecular formula is C20H24N4O5. The lowest BCUT2D eigenvalue weighted by molar-refractivity contribution is -0.122. The van der Waals surface area contributed by atoms with E-state index in [-0.39, 0.29) is 17.6 Å². The Morgan fingerprint density at radius 3 is 2.76 bits per heavy atom. The molecule has 1 N–H and O–H groups in total. The molecule has 0 saturated carbocycles. The first kappa shape index (κ1) is 20.4. The zero-order valence-electron chi connectivity index (χ0n) is 16.7. The molecule has 3 rings (SSSR count). The van der Waals surface area contributed by atoms with E-state index in [1.807, 2.05) is 13.8 Å². The molecule has 0 unspecified atom stereocenters. The number of hydrogen-bond acceptors (Lipinski definition) is 6. The van der Waals surface area contributed by atoms with Gasteiger partial charge in [-0.15, -0.1) is 0 Å². The molecule has 29 heavy (non-hydrogen) atoms.